The van der Waals surface area contributed by atoms with Crippen LogP contribution in [0.15, 0.2) is 24.3 Å². The molecule has 1 aromatic rings. The largest absolute Gasteiger partial charge is 0.481 e. The lowest BCUT2D eigenvalue weighted by Crippen LogP contribution is -2.48. The molecule has 0 unspecified atom stereocenters. The fourth-order valence-electron chi connectivity index (χ4n) is 3.88. The number of amides is 2. The van der Waals surface area contributed by atoms with E-state index in [1.54, 1.807) is 4.90 Å². The lowest BCUT2D eigenvalue weighted by atomic mass is 9.86. The van der Waals surface area contributed by atoms with Crippen molar-refractivity contribution < 1.29 is 19.5 Å². The summed E-state index contributed by atoms with van der Waals surface area (Å²) in [6.45, 7) is 2.46. The minimum atomic E-state index is -0.750. The third-order valence-corrected chi connectivity index (χ3v) is 5.53. The van der Waals surface area contributed by atoms with Gasteiger partial charge < -0.3 is 15.3 Å². The van der Waals surface area contributed by atoms with Crippen LogP contribution in [0.4, 0.5) is 0 Å². The number of nitrogens with zero attached hydrogens (tertiary/aromatic N) is 1. The first-order chi connectivity index (χ1) is 12.4. The molecule has 1 aromatic carbocycles. The number of likely N-dealkylation sites (tertiary alicyclic amines) is 1. The van der Waals surface area contributed by atoms with Gasteiger partial charge in [0.1, 0.15) is 6.04 Å². The van der Waals surface area contributed by atoms with E-state index in [9.17, 15) is 14.4 Å². The van der Waals surface area contributed by atoms with E-state index in [0.29, 0.717) is 45.1 Å². The first kappa shape index (κ1) is 18.4. The van der Waals surface area contributed by atoms with Crippen LogP contribution in [0.1, 0.15) is 49.7 Å². The second kappa shape index (κ2) is 7.89. The molecule has 2 N–H and O–H groups in total. The van der Waals surface area contributed by atoms with Gasteiger partial charge in [-0.3, -0.25) is 14.4 Å². The molecule has 1 aliphatic heterocycles. The summed E-state index contributed by atoms with van der Waals surface area (Å²) in [5.41, 5.74) is 2.18. The van der Waals surface area contributed by atoms with Gasteiger partial charge in [0.05, 0.1) is 5.92 Å². The van der Waals surface area contributed by atoms with Crippen molar-refractivity contribution in [3.63, 3.8) is 0 Å². The van der Waals surface area contributed by atoms with Gasteiger partial charge in [0.15, 0.2) is 0 Å². The highest BCUT2D eigenvalue weighted by Gasteiger charge is 2.37. The van der Waals surface area contributed by atoms with Gasteiger partial charge in [-0.2, -0.15) is 0 Å². The molecule has 1 atom stereocenters. The number of benzene rings is 1. The van der Waals surface area contributed by atoms with Crippen LogP contribution in [-0.4, -0.2) is 39.9 Å². The number of nitrogens with one attached hydrogen (secondary N) is 1. The van der Waals surface area contributed by atoms with Gasteiger partial charge in [0, 0.05) is 19.0 Å². The van der Waals surface area contributed by atoms with Crippen LogP contribution < -0.4 is 5.32 Å². The van der Waals surface area contributed by atoms with E-state index in [4.69, 9.17) is 5.11 Å². The smallest absolute Gasteiger partial charge is 0.306 e. The van der Waals surface area contributed by atoms with Gasteiger partial charge in [0.2, 0.25) is 11.8 Å². The molecule has 140 valence electrons. The number of carbonyl (C=O) groups excluding carboxylic acids is 2. The Balaban J connectivity index is 1.58. The quantitative estimate of drug-likeness (QED) is 0.845. The van der Waals surface area contributed by atoms with Crippen LogP contribution in [0.2, 0.25) is 0 Å². The zero-order chi connectivity index (χ0) is 18.7. The van der Waals surface area contributed by atoms with Gasteiger partial charge >= 0.3 is 5.97 Å². The van der Waals surface area contributed by atoms with Crippen molar-refractivity contribution in [3.05, 3.63) is 35.4 Å². The molecule has 2 fully saturated rings. The Bertz CT molecular complexity index is 678. The Kier molecular flexibility index (Phi) is 5.59. The lowest BCUT2D eigenvalue weighted by Gasteiger charge is -2.30. The van der Waals surface area contributed by atoms with Crippen LogP contribution in [0.25, 0.3) is 0 Å². The molecular formula is C20H26N2O4. The maximum absolute atomic E-state index is 12.7. The number of aliphatic carboxylic acids is 1. The molecular weight excluding hydrogens is 332 g/mol. The molecule has 1 saturated carbocycles. The molecule has 6 nitrogen and oxygen atoms in total. The van der Waals surface area contributed by atoms with E-state index < -0.39 is 12.0 Å². The predicted octanol–water partition coefficient (Wildman–Crippen LogP) is 2.25. The fourth-order valence-corrected chi connectivity index (χ4v) is 3.88. The molecule has 6 heteroatoms. The molecule has 2 aliphatic rings. The van der Waals surface area contributed by atoms with Crippen molar-refractivity contribution in [2.24, 2.45) is 5.92 Å². The van der Waals surface area contributed by atoms with Crippen LogP contribution in [-0.2, 0) is 20.9 Å². The summed E-state index contributed by atoms with van der Waals surface area (Å²) < 4.78 is 0. The fraction of sp³-hybridized carbons (Fsp3) is 0.550. The Hall–Kier alpha value is -2.37. The third kappa shape index (κ3) is 4.23. The number of carbonyl (C=O) groups is 3. The van der Waals surface area contributed by atoms with E-state index in [0.717, 1.165) is 11.1 Å². The third-order valence-electron chi connectivity index (χ3n) is 5.53. The summed E-state index contributed by atoms with van der Waals surface area (Å²) in [5, 5.41) is 12.1. The van der Waals surface area contributed by atoms with E-state index in [-0.39, 0.29) is 23.8 Å². The summed E-state index contributed by atoms with van der Waals surface area (Å²) in [4.78, 5) is 37.7. The second-order valence-electron chi connectivity index (χ2n) is 7.46. The monoisotopic (exact) mass is 358 g/mol. The highest BCUT2D eigenvalue weighted by molar-refractivity contribution is 5.91. The first-order valence-corrected chi connectivity index (χ1v) is 9.32. The van der Waals surface area contributed by atoms with E-state index in [2.05, 4.69) is 5.32 Å². The maximum atomic E-state index is 12.7. The van der Waals surface area contributed by atoms with Crippen LogP contribution >= 0.6 is 0 Å². The van der Waals surface area contributed by atoms with Crippen molar-refractivity contribution in [3.8, 4) is 0 Å². The van der Waals surface area contributed by atoms with Crippen molar-refractivity contribution in [2.45, 2.75) is 64.1 Å². The molecule has 1 heterocycles. The Labute approximate surface area is 153 Å². The molecule has 0 aromatic heterocycles. The van der Waals surface area contributed by atoms with Crippen LogP contribution in [0.5, 0.6) is 0 Å². The summed E-state index contributed by atoms with van der Waals surface area (Å²) in [5.74, 6) is -1.14. The summed E-state index contributed by atoms with van der Waals surface area (Å²) in [6, 6.07) is 7.57. The number of hydrogen-bond acceptors (Lipinski definition) is 3. The molecule has 3 rings (SSSR count). The van der Waals surface area contributed by atoms with Gasteiger partial charge in [-0.15, -0.1) is 0 Å². The Morgan fingerprint density at radius 3 is 2.38 bits per heavy atom. The number of carboxylic acid groups (broad SMARTS) is 1. The van der Waals surface area contributed by atoms with Gasteiger partial charge in [0.25, 0.3) is 0 Å². The first-order valence-electron chi connectivity index (χ1n) is 9.32. The Morgan fingerprint density at radius 1 is 1.12 bits per heavy atom. The standard InChI is InChI=1S/C20H26N2O4/c1-13-2-4-14(5-3-13)12-22-17(10-11-18(22)23)19(24)21-16-8-6-15(7-9-16)20(25)26/h2-5,15-17H,6-12H2,1H3,(H,21,24)(H,25,26)/t15?,16?,17-/m0/s1. The zero-order valence-corrected chi connectivity index (χ0v) is 15.1. The molecule has 1 aliphatic carbocycles. The number of hydrogen-bond donors (Lipinski definition) is 2. The minimum Gasteiger partial charge on any atom is -0.481 e. The summed E-state index contributed by atoms with van der Waals surface area (Å²) in [7, 11) is 0. The minimum absolute atomic E-state index is 0.00928. The van der Waals surface area contributed by atoms with Crippen molar-refractivity contribution >= 4 is 17.8 Å². The highest BCUT2D eigenvalue weighted by Crippen LogP contribution is 2.26. The summed E-state index contributed by atoms with van der Waals surface area (Å²) in [6.07, 6.45) is 3.49. The SMILES string of the molecule is Cc1ccc(CN2C(=O)CC[C@H]2C(=O)NC2CCC(C(=O)O)CC2)cc1. The second-order valence-corrected chi connectivity index (χ2v) is 7.46. The number of rotatable bonds is 5. The van der Waals surface area contributed by atoms with Crippen molar-refractivity contribution in [1.29, 1.82) is 0 Å². The van der Waals surface area contributed by atoms with Gasteiger partial charge in [-0.25, -0.2) is 0 Å². The van der Waals surface area contributed by atoms with Crippen LogP contribution in [0, 0.1) is 12.8 Å². The van der Waals surface area contributed by atoms with Crippen LogP contribution in [0.3, 0.4) is 0 Å². The molecule has 26 heavy (non-hydrogen) atoms. The predicted molar refractivity (Wildman–Crippen MR) is 96.3 cm³/mol. The molecule has 0 radical (unpaired) electrons. The molecule has 1 saturated heterocycles. The average molecular weight is 358 g/mol. The highest BCUT2D eigenvalue weighted by atomic mass is 16.4. The van der Waals surface area contributed by atoms with Crippen molar-refractivity contribution in [2.75, 3.05) is 0 Å². The van der Waals surface area contributed by atoms with Gasteiger partial charge in [-0.05, 0) is 44.6 Å². The molecule has 2 amide bonds. The van der Waals surface area contributed by atoms with Crippen molar-refractivity contribution in [1.82, 2.24) is 10.2 Å². The number of carboxylic acids is 1. The zero-order valence-electron chi connectivity index (χ0n) is 15.1. The number of aryl methyl sites for hydroxylation is 1. The molecule has 0 spiro atoms. The normalized spacial score (nSPS) is 26.0. The van der Waals surface area contributed by atoms with E-state index in [1.165, 1.54) is 0 Å². The van der Waals surface area contributed by atoms with E-state index in [1.807, 2.05) is 31.2 Å². The van der Waals surface area contributed by atoms with Gasteiger partial charge in [-0.1, -0.05) is 29.8 Å². The van der Waals surface area contributed by atoms with E-state index >= 15 is 0 Å². The molecule has 0 bridgehead atoms. The summed E-state index contributed by atoms with van der Waals surface area (Å²) >= 11 is 0. The Morgan fingerprint density at radius 2 is 1.77 bits per heavy atom. The topological polar surface area (TPSA) is 86.7 Å². The lowest BCUT2D eigenvalue weighted by molar-refractivity contribution is -0.143. The average Bonchev–Trinajstić information content (AvgIpc) is 2.98. The maximum Gasteiger partial charge on any atom is 0.306 e.